The zero-order valence-corrected chi connectivity index (χ0v) is 17.4. The normalized spacial score (nSPS) is 16.4. The number of rotatable bonds is 5. The Kier molecular flexibility index (Phi) is 7.00. The van der Waals surface area contributed by atoms with Crippen LogP contribution in [0.2, 0.25) is 0 Å². The summed E-state index contributed by atoms with van der Waals surface area (Å²) in [5.74, 6) is -1.63. The maximum atomic E-state index is 12.1. The van der Waals surface area contributed by atoms with Crippen molar-refractivity contribution in [2.24, 2.45) is 5.41 Å². The third kappa shape index (κ3) is 6.38. The number of amides is 1. The van der Waals surface area contributed by atoms with Crippen LogP contribution in [0.4, 0.5) is 4.79 Å². The number of alkyl carbamates (subject to hydrolysis) is 1. The van der Waals surface area contributed by atoms with Gasteiger partial charge in [0.2, 0.25) is 12.0 Å². The highest BCUT2D eigenvalue weighted by Crippen LogP contribution is 2.20. The molecule has 1 heterocycles. The van der Waals surface area contributed by atoms with E-state index in [9.17, 15) is 14.4 Å². The molecular weight excluding hydrogens is 463 g/mol. The molecule has 8 heteroatoms. The van der Waals surface area contributed by atoms with Crippen LogP contribution in [-0.2, 0) is 25.7 Å². The monoisotopic (exact) mass is 484 g/mol. The van der Waals surface area contributed by atoms with Gasteiger partial charge in [-0.3, -0.25) is 10.1 Å². The van der Waals surface area contributed by atoms with Gasteiger partial charge in [-0.1, -0.05) is 51.1 Å². The van der Waals surface area contributed by atoms with Gasteiger partial charge in [0.1, 0.15) is 6.61 Å². The molecule has 0 radical (unpaired) electrons. The zero-order chi connectivity index (χ0) is 20.0. The summed E-state index contributed by atoms with van der Waals surface area (Å²) in [6.07, 6.45) is 1.55. The third-order valence-corrected chi connectivity index (χ3v) is 4.12. The lowest BCUT2D eigenvalue weighted by Gasteiger charge is -2.25. The molecule has 0 saturated carbocycles. The smallest absolute Gasteiger partial charge is 0.411 e. The van der Waals surface area contributed by atoms with E-state index in [1.165, 1.54) is 0 Å². The fourth-order valence-corrected chi connectivity index (χ4v) is 2.57. The number of hydrogen-bond acceptors (Lipinski definition) is 6. The molecule has 1 amide bonds. The van der Waals surface area contributed by atoms with E-state index >= 15 is 0 Å². The Morgan fingerprint density at radius 2 is 1.85 bits per heavy atom. The van der Waals surface area contributed by atoms with Gasteiger partial charge in [-0.25, -0.2) is 9.59 Å². The molecule has 0 aromatic heterocycles. The minimum absolute atomic E-state index is 0.104. The second kappa shape index (κ2) is 9.03. The van der Waals surface area contributed by atoms with Crippen LogP contribution in [-0.4, -0.2) is 24.1 Å². The Hall–Kier alpha value is -2.36. The van der Waals surface area contributed by atoms with E-state index in [0.29, 0.717) is 0 Å². The average Bonchev–Trinajstić information content (AvgIpc) is 2.61. The average molecular weight is 484 g/mol. The largest absolute Gasteiger partial charge is 0.444 e. The zero-order valence-electron chi connectivity index (χ0n) is 15.2. The Labute approximate surface area is 171 Å². The minimum atomic E-state index is -0.994. The van der Waals surface area contributed by atoms with Crippen molar-refractivity contribution in [1.82, 2.24) is 10.6 Å². The van der Waals surface area contributed by atoms with E-state index in [1.807, 2.05) is 52.9 Å². The van der Waals surface area contributed by atoms with Gasteiger partial charge < -0.3 is 14.8 Å². The molecule has 2 rings (SSSR count). The Morgan fingerprint density at radius 3 is 2.48 bits per heavy atom. The van der Waals surface area contributed by atoms with E-state index in [0.717, 1.165) is 9.14 Å². The lowest BCUT2D eigenvalue weighted by atomic mass is 9.91. The van der Waals surface area contributed by atoms with Crippen LogP contribution in [0.3, 0.4) is 0 Å². The van der Waals surface area contributed by atoms with Crippen LogP contribution in [0.25, 0.3) is 0 Å². The number of nitrogens with one attached hydrogen (secondary N) is 2. The Balaban J connectivity index is 1.99. The van der Waals surface area contributed by atoms with E-state index < -0.39 is 29.5 Å². The molecule has 1 unspecified atom stereocenters. The second-order valence-electron chi connectivity index (χ2n) is 6.85. The van der Waals surface area contributed by atoms with Crippen molar-refractivity contribution in [3.8, 4) is 0 Å². The van der Waals surface area contributed by atoms with Crippen molar-refractivity contribution < 1.29 is 23.9 Å². The highest BCUT2D eigenvalue weighted by atomic mass is 127. The number of halogens is 1. The summed E-state index contributed by atoms with van der Waals surface area (Å²) in [7, 11) is 0. The van der Waals surface area contributed by atoms with Crippen LogP contribution < -0.4 is 10.6 Å². The lowest BCUT2D eigenvalue weighted by molar-refractivity contribution is -0.160. The number of carbonyl (C=O) groups is 3. The molecule has 0 saturated heterocycles. The van der Waals surface area contributed by atoms with Crippen molar-refractivity contribution in [2.45, 2.75) is 33.6 Å². The van der Waals surface area contributed by atoms with Gasteiger partial charge in [-0.05, 0) is 34.2 Å². The molecule has 1 aliphatic rings. The Morgan fingerprint density at radius 1 is 1.19 bits per heavy atom. The number of esters is 1. The molecule has 1 aromatic rings. The number of carbonyl (C=O) groups excluding carboxylic acids is 3. The molecule has 0 bridgehead atoms. The first-order valence-electron chi connectivity index (χ1n) is 8.23. The van der Waals surface area contributed by atoms with Gasteiger partial charge in [-0.15, -0.1) is 0 Å². The number of hydrogen-bond donors (Lipinski definition) is 2. The first kappa shape index (κ1) is 20.9. The van der Waals surface area contributed by atoms with Crippen LogP contribution in [0.1, 0.15) is 26.3 Å². The molecule has 0 spiro atoms. The summed E-state index contributed by atoms with van der Waals surface area (Å²) in [4.78, 5) is 36.2. The first-order chi connectivity index (χ1) is 12.7. The number of ketones is 1. The summed E-state index contributed by atoms with van der Waals surface area (Å²) >= 11 is 2.04. The van der Waals surface area contributed by atoms with Crippen LogP contribution >= 0.6 is 22.6 Å². The van der Waals surface area contributed by atoms with Crippen molar-refractivity contribution in [1.29, 1.82) is 0 Å². The number of dihydropyridines is 1. The first-order valence-corrected chi connectivity index (χ1v) is 9.31. The highest BCUT2D eigenvalue weighted by Gasteiger charge is 2.33. The molecule has 0 fully saturated rings. The van der Waals surface area contributed by atoms with Crippen LogP contribution in [0.15, 0.2) is 51.9 Å². The molecule has 1 aromatic carbocycles. The van der Waals surface area contributed by atoms with Gasteiger partial charge in [0, 0.05) is 15.2 Å². The van der Waals surface area contributed by atoms with Gasteiger partial charge >= 0.3 is 12.1 Å². The molecule has 1 aliphatic heterocycles. The lowest BCUT2D eigenvalue weighted by Crippen LogP contribution is -2.44. The van der Waals surface area contributed by atoms with Gasteiger partial charge in [0.05, 0.1) is 5.70 Å². The molecule has 7 nitrogen and oxygen atoms in total. The minimum Gasteiger partial charge on any atom is -0.444 e. The number of benzene rings is 1. The maximum absolute atomic E-state index is 12.1. The van der Waals surface area contributed by atoms with Crippen molar-refractivity contribution >= 4 is 40.4 Å². The molecule has 1 atom stereocenters. The second-order valence-corrected chi connectivity index (χ2v) is 8.09. The fourth-order valence-electron chi connectivity index (χ4n) is 2.05. The van der Waals surface area contributed by atoms with E-state index in [2.05, 4.69) is 10.6 Å². The predicted octanol–water partition coefficient (Wildman–Crippen LogP) is 3.16. The number of ether oxygens (including phenoxy) is 2. The predicted molar refractivity (Wildman–Crippen MR) is 107 cm³/mol. The summed E-state index contributed by atoms with van der Waals surface area (Å²) < 4.78 is 11.2. The summed E-state index contributed by atoms with van der Waals surface area (Å²) in [6.45, 7) is 4.99. The van der Waals surface area contributed by atoms with Crippen molar-refractivity contribution in [3.05, 3.63) is 57.4 Å². The number of allylic oxidation sites excluding steroid dienone is 2. The quantitative estimate of drug-likeness (QED) is 0.379. The van der Waals surface area contributed by atoms with Gasteiger partial charge in [0.15, 0.2) is 0 Å². The topological polar surface area (TPSA) is 93.7 Å². The molecule has 0 aliphatic carbocycles. The van der Waals surface area contributed by atoms with Crippen molar-refractivity contribution in [3.63, 3.8) is 0 Å². The van der Waals surface area contributed by atoms with Crippen molar-refractivity contribution in [2.75, 3.05) is 0 Å². The van der Waals surface area contributed by atoms with E-state index in [1.54, 1.807) is 33.0 Å². The molecular formula is C19H21IN2O5. The Bertz CT molecular complexity index is 781. The summed E-state index contributed by atoms with van der Waals surface area (Å²) in [5.41, 5.74) is 0.258. The van der Waals surface area contributed by atoms with Gasteiger partial charge in [0.25, 0.3) is 0 Å². The van der Waals surface area contributed by atoms with E-state index in [4.69, 9.17) is 9.47 Å². The number of Topliss-reactive ketones (excluding diaryl/α,β-unsaturated/α-hetero) is 1. The standard InChI is InChI=1S/C19H21IN2O5/c1-19(2,3)15(23)17(24)27-16-14(9-13(20)10-21-16)22-18(25)26-11-12-7-5-4-6-8-12/h4-10,16,21H,11H2,1-3H3,(H,22,25). The summed E-state index contributed by atoms with van der Waals surface area (Å²) in [5, 5.41) is 5.39. The molecule has 144 valence electrons. The molecule has 2 N–H and O–H groups in total. The SMILES string of the molecule is CC(C)(C)C(=O)C(=O)OC1NC=C(I)C=C1NC(=O)OCc1ccccc1. The maximum Gasteiger partial charge on any atom is 0.411 e. The van der Waals surface area contributed by atoms with Crippen LogP contribution in [0.5, 0.6) is 0 Å². The third-order valence-electron chi connectivity index (χ3n) is 3.50. The van der Waals surface area contributed by atoms with Crippen LogP contribution in [0, 0.1) is 5.41 Å². The van der Waals surface area contributed by atoms with E-state index in [-0.39, 0.29) is 12.3 Å². The molecule has 27 heavy (non-hydrogen) atoms. The van der Waals surface area contributed by atoms with Gasteiger partial charge in [-0.2, -0.15) is 0 Å². The summed E-state index contributed by atoms with van der Waals surface area (Å²) in [6, 6.07) is 9.23. The fraction of sp³-hybridized carbons (Fsp3) is 0.316. The highest BCUT2D eigenvalue weighted by molar-refractivity contribution is 14.1.